The highest BCUT2D eigenvalue weighted by Gasteiger charge is 2.13. The summed E-state index contributed by atoms with van der Waals surface area (Å²) in [6.07, 6.45) is 1.36. The number of pyridine rings is 1. The molecule has 0 fully saturated rings. The monoisotopic (exact) mass is 316 g/mol. The van der Waals surface area contributed by atoms with E-state index in [1.165, 1.54) is 23.6 Å². The smallest absolute Gasteiger partial charge is 0.259 e. The zero-order chi connectivity index (χ0) is 14.0. The Hall–Kier alpha value is -1.24. The second-order valence-electron chi connectivity index (χ2n) is 4.05. The predicted octanol–water partition coefficient (Wildman–Crippen LogP) is 3.62. The van der Waals surface area contributed by atoms with Gasteiger partial charge in [-0.25, -0.2) is 4.98 Å². The van der Waals surface area contributed by atoms with Gasteiger partial charge in [0, 0.05) is 12.1 Å². The van der Waals surface area contributed by atoms with Crippen LogP contribution in [0.4, 0.5) is 5.13 Å². The van der Waals surface area contributed by atoms with Gasteiger partial charge in [0.2, 0.25) is 5.13 Å². The molecule has 0 aromatic carbocycles. The number of hydrogen-bond acceptors (Lipinski definition) is 5. The molecule has 5 nitrogen and oxygen atoms in total. The summed E-state index contributed by atoms with van der Waals surface area (Å²) in [5.41, 5.74) is 0.315. The summed E-state index contributed by atoms with van der Waals surface area (Å²) in [6.45, 7) is 4.02. The van der Waals surface area contributed by atoms with Gasteiger partial charge in [0.25, 0.3) is 5.91 Å². The van der Waals surface area contributed by atoms with E-state index in [2.05, 4.69) is 20.5 Å². The summed E-state index contributed by atoms with van der Waals surface area (Å²) in [5.74, 6) is -0.0766. The Balaban J connectivity index is 2.13. The van der Waals surface area contributed by atoms with Crippen molar-refractivity contribution in [3.63, 3.8) is 0 Å². The van der Waals surface area contributed by atoms with Crippen LogP contribution in [0.25, 0.3) is 0 Å². The van der Waals surface area contributed by atoms with E-state index in [1.807, 2.05) is 13.8 Å². The molecule has 2 aromatic rings. The van der Waals surface area contributed by atoms with Crippen LogP contribution in [0.15, 0.2) is 12.3 Å². The molecule has 1 N–H and O–H groups in total. The van der Waals surface area contributed by atoms with Gasteiger partial charge in [0.1, 0.15) is 10.2 Å². The number of nitrogens with zero attached hydrogens (tertiary/aromatic N) is 3. The van der Waals surface area contributed by atoms with Gasteiger partial charge in [-0.1, -0.05) is 48.4 Å². The molecule has 2 heterocycles. The van der Waals surface area contributed by atoms with Crippen molar-refractivity contribution in [2.24, 2.45) is 0 Å². The first-order chi connectivity index (χ1) is 8.97. The van der Waals surface area contributed by atoms with Crippen molar-refractivity contribution in [2.75, 3.05) is 5.32 Å². The Morgan fingerprint density at radius 2 is 2.11 bits per heavy atom. The second-order valence-corrected chi connectivity index (χ2v) is 5.83. The average Bonchev–Trinajstić information content (AvgIpc) is 2.81. The summed E-state index contributed by atoms with van der Waals surface area (Å²) in [5, 5.41) is 12.2. The fraction of sp³-hybridized carbons (Fsp3) is 0.273. The van der Waals surface area contributed by atoms with Crippen LogP contribution in [0.2, 0.25) is 10.2 Å². The van der Waals surface area contributed by atoms with Crippen molar-refractivity contribution in [3.8, 4) is 0 Å². The van der Waals surface area contributed by atoms with Crippen LogP contribution in [0.1, 0.15) is 35.1 Å². The standard InChI is InChI=1S/C11H10Cl2N4OS/c1-5(2)10-16-17-11(19-10)15-9(18)6-3-7(12)8(13)14-4-6/h3-5H,1-2H3,(H,15,17,18). The molecule has 19 heavy (non-hydrogen) atoms. The third kappa shape index (κ3) is 3.40. The van der Waals surface area contributed by atoms with E-state index in [0.717, 1.165) is 5.01 Å². The number of rotatable bonds is 3. The molecule has 2 aromatic heterocycles. The number of halogens is 2. The molecule has 0 bridgehead atoms. The minimum Gasteiger partial charge on any atom is -0.296 e. The van der Waals surface area contributed by atoms with Gasteiger partial charge < -0.3 is 0 Å². The Morgan fingerprint density at radius 3 is 2.68 bits per heavy atom. The number of aromatic nitrogens is 3. The summed E-state index contributed by atoms with van der Waals surface area (Å²) in [7, 11) is 0. The molecule has 0 aliphatic carbocycles. The van der Waals surface area contributed by atoms with E-state index >= 15 is 0 Å². The first-order valence-electron chi connectivity index (χ1n) is 5.43. The van der Waals surface area contributed by atoms with E-state index in [4.69, 9.17) is 23.2 Å². The van der Waals surface area contributed by atoms with Crippen molar-refractivity contribution in [3.05, 3.63) is 33.0 Å². The number of amides is 1. The van der Waals surface area contributed by atoms with Crippen molar-refractivity contribution in [1.29, 1.82) is 0 Å². The lowest BCUT2D eigenvalue weighted by Crippen LogP contribution is -2.12. The summed E-state index contributed by atoms with van der Waals surface area (Å²) in [4.78, 5) is 15.8. The molecule has 0 radical (unpaired) electrons. The first-order valence-corrected chi connectivity index (χ1v) is 7.00. The van der Waals surface area contributed by atoms with Gasteiger partial charge in [-0.2, -0.15) is 0 Å². The van der Waals surface area contributed by atoms with Gasteiger partial charge in [0.05, 0.1) is 10.6 Å². The lowest BCUT2D eigenvalue weighted by atomic mass is 10.2. The van der Waals surface area contributed by atoms with Gasteiger partial charge in [-0.05, 0) is 6.07 Å². The number of anilines is 1. The molecule has 0 saturated heterocycles. The van der Waals surface area contributed by atoms with E-state index in [9.17, 15) is 4.79 Å². The Kier molecular flexibility index (Phi) is 4.34. The minimum absolute atomic E-state index is 0.163. The van der Waals surface area contributed by atoms with Crippen LogP contribution in [-0.4, -0.2) is 21.1 Å². The van der Waals surface area contributed by atoms with Crippen LogP contribution in [0.3, 0.4) is 0 Å². The maximum atomic E-state index is 11.9. The highest BCUT2D eigenvalue weighted by Crippen LogP contribution is 2.24. The molecule has 2 rings (SSSR count). The molecule has 0 spiro atoms. The van der Waals surface area contributed by atoms with E-state index in [0.29, 0.717) is 10.7 Å². The van der Waals surface area contributed by atoms with Crippen LogP contribution >= 0.6 is 34.5 Å². The van der Waals surface area contributed by atoms with Gasteiger partial charge in [-0.15, -0.1) is 10.2 Å². The molecular weight excluding hydrogens is 307 g/mol. The quantitative estimate of drug-likeness (QED) is 0.878. The van der Waals surface area contributed by atoms with E-state index in [-0.39, 0.29) is 22.0 Å². The lowest BCUT2D eigenvalue weighted by Gasteiger charge is -2.02. The second kappa shape index (κ2) is 5.81. The molecule has 0 saturated carbocycles. The first kappa shape index (κ1) is 14.2. The zero-order valence-corrected chi connectivity index (χ0v) is 12.5. The van der Waals surface area contributed by atoms with Crippen molar-refractivity contribution in [1.82, 2.24) is 15.2 Å². The zero-order valence-electron chi connectivity index (χ0n) is 10.1. The summed E-state index contributed by atoms with van der Waals surface area (Å²) >= 11 is 12.8. The normalized spacial score (nSPS) is 10.8. The highest BCUT2D eigenvalue weighted by molar-refractivity contribution is 7.15. The highest BCUT2D eigenvalue weighted by atomic mass is 35.5. The largest absolute Gasteiger partial charge is 0.296 e. The summed E-state index contributed by atoms with van der Waals surface area (Å²) in [6, 6.07) is 1.45. The molecule has 0 atom stereocenters. The Morgan fingerprint density at radius 1 is 1.37 bits per heavy atom. The van der Waals surface area contributed by atoms with Crippen LogP contribution in [0.5, 0.6) is 0 Å². The molecule has 100 valence electrons. The minimum atomic E-state index is -0.350. The maximum Gasteiger partial charge on any atom is 0.259 e. The van der Waals surface area contributed by atoms with Gasteiger partial charge >= 0.3 is 0 Å². The molecule has 0 aliphatic heterocycles. The molecule has 1 amide bonds. The number of carbonyl (C=O) groups excluding carboxylic acids is 1. The van der Waals surface area contributed by atoms with Crippen molar-refractivity contribution >= 4 is 45.6 Å². The van der Waals surface area contributed by atoms with Gasteiger partial charge in [-0.3, -0.25) is 10.1 Å². The van der Waals surface area contributed by atoms with E-state index in [1.54, 1.807) is 0 Å². The average molecular weight is 317 g/mol. The lowest BCUT2D eigenvalue weighted by molar-refractivity contribution is 0.102. The maximum absolute atomic E-state index is 11.9. The van der Waals surface area contributed by atoms with Crippen molar-refractivity contribution < 1.29 is 4.79 Å². The van der Waals surface area contributed by atoms with Crippen LogP contribution < -0.4 is 5.32 Å². The molecule has 8 heteroatoms. The molecule has 0 unspecified atom stereocenters. The molecular formula is C11H10Cl2N4OS. The fourth-order valence-electron chi connectivity index (χ4n) is 1.23. The third-order valence-corrected chi connectivity index (χ3v) is 4.04. The topological polar surface area (TPSA) is 67.8 Å². The van der Waals surface area contributed by atoms with Crippen LogP contribution in [0, 0.1) is 0 Å². The van der Waals surface area contributed by atoms with Crippen molar-refractivity contribution in [2.45, 2.75) is 19.8 Å². The van der Waals surface area contributed by atoms with Crippen LogP contribution in [-0.2, 0) is 0 Å². The number of nitrogens with one attached hydrogen (secondary N) is 1. The number of carbonyl (C=O) groups is 1. The third-order valence-electron chi connectivity index (χ3n) is 2.21. The number of hydrogen-bond donors (Lipinski definition) is 1. The SMILES string of the molecule is CC(C)c1nnc(NC(=O)c2cnc(Cl)c(Cl)c2)s1. The summed E-state index contributed by atoms with van der Waals surface area (Å²) < 4.78 is 0. The Bertz CT molecular complexity index is 614. The molecule has 0 aliphatic rings. The Labute approximate surface area is 124 Å². The van der Waals surface area contributed by atoms with E-state index < -0.39 is 0 Å². The van der Waals surface area contributed by atoms with Gasteiger partial charge in [0.15, 0.2) is 0 Å². The fourth-order valence-corrected chi connectivity index (χ4v) is 2.24. The predicted molar refractivity (Wildman–Crippen MR) is 76.2 cm³/mol.